The van der Waals surface area contributed by atoms with Crippen molar-refractivity contribution in [1.82, 2.24) is 10.3 Å². The first-order valence-corrected chi connectivity index (χ1v) is 7.46. The van der Waals surface area contributed by atoms with Gasteiger partial charge in [0.2, 0.25) is 0 Å². The Bertz CT molecular complexity index is 377. The molecule has 18 heavy (non-hydrogen) atoms. The van der Waals surface area contributed by atoms with Gasteiger partial charge in [-0.15, -0.1) is 0 Å². The Morgan fingerprint density at radius 2 is 2.00 bits per heavy atom. The van der Waals surface area contributed by atoms with Gasteiger partial charge >= 0.3 is 0 Å². The standard InChI is InChI=1S/C16H24N2/c1-2-3-13-10-16(11-13,12-18-15-4-5-15)14-6-8-17-9-7-14/h6-9,13,15,18H,2-5,10-12H2,1H3. The Morgan fingerprint density at radius 3 is 2.61 bits per heavy atom. The van der Waals surface area contributed by atoms with Crippen molar-refractivity contribution in [2.45, 2.75) is 56.9 Å². The van der Waals surface area contributed by atoms with E-state index in [2.05, 4.69) is 29.4 Å². The van der Waals surface area contributed by atoms with E-state index in [-0.39, 0.29) is 0 Å². The van der Waals surface area contributed by atoms with E-state index in [1.54, 1.807) is 0 Å². The molecule has 0 aromatic carbocycles. The molecular formula is C16H24N2. The number of nitrogens with one attached hydrogen (secondary N) is 1. The van der Waals surface area contributed by atoms with E-state index >= 15 is 0 Å². The van der Waals surface area contributed by atoms with Crippen molar-refractivity contribution in [2.75, 3.05) is 6.54 Å². The van der Waals surface area contributed by atoms with Crippen molar-refractivity contribution in [1.29, 1.82) is 0 Å². The van der Waals surface area contributed by atoms with Crippen LogP contribution in [0, 0.1) is 5.92 Å². The fourth-order valence-corrected chi connectivity index (χ4v) is 3.47. The number of rotatable bonds is 6. The summed E-state index contributed by atoms with van der Waals surface area (Å²) >= 11 is 0. The lowest BCUT2D eigenvalue weighted by Crippen LogP contribution is -2.49. The van der Waals surface area contributed by atoms with Gasteiger partial charge < -0.3 is 5.32 Å². The van der Waals surface area contributed by atoms with Crippen LogP contribution in [0.4, 0.5) is 0 Å². The van der Waals surface area contributed by atoms with Gasteiger partial charge in [0.05, 0.1) is 0 Å². The van der Waals surface area contributed by atoms with Gasteiger partial charge in [-0.05, 0) is 49.3 Å². The minimum Gasteiger partial charge on any atom is -0.313 e. The Labute approximate surface area is 110 Å². The summed E-state index contributed by atoms with van der Waals surface area (Å²) in [6, 6.07) is 5.25. The SMILES string of the molecule is CCCC1CC(CNC2CC2)(c2ccncc2)C1. The lowest BCUT2D eigenvalue weighted by Gasteiger charge is -2.49. The molecule has 2 heteroatoms. The zero-order valence-corrected chi connectivity index (χ0v) is 11.4. The first-order valence-electron chi connectivity index (χ1n) is 7.46. The summed E-state index contributed by atoms with van der Waals surface area (Å²) in [4.78, 5) is 4.16. The van der Waals surface area contributed by atoms with Gasteiger partial charge in [-0.3, -0.25) is 4.98 Å². The van der Waals surface area contributed by atoms with Gasteiger partial charge in [-0.25, -0.2) is 0 Å². The summed E-state index contributed by atoms with van der Waals surface area (Å²) in [6.45, 7) is 3.47. The molecule has 2 fully saturated rings. The topological polar surface area (TPSA) is 24.9 Å². The molecule has 0 bridgehead atoms. The van der Waals surface area contributed by atoms with Crippen molar-refractivity contribution in [3.63, 3.8) is 0 Å². The first-order chi connectivity index (χ1) is 8.82. The maximum atomic E-state index is 4.16. The molecule has 1 heterocycles. The summed E-state index contributed by atoms with van der Waals surface area (Å²) < 4.78 is 0. The fourth-order valence-electron chi connectivity index (χ4n) is 3.47. The van der Waals surface area contributed by atoms with E-state index in [0.29, 0.717) is 5.41 Å². The number of hydrogen-bond donors (Lipinski definition) is 1. The van der Waals surface area contributed by atoms with Crippen LogP contribution >= 0.6 is 0 Å². The molecule has 2 aliphatic rings. The van der Waals surface area contributed by atoms with E-state index in [9.17, 15) is 0 Å². The van der Waals surface area contributed by atoms with Crippen LogP contribution in [0.2, 0.25) is 0 Å². The molecule has 0 unspecified atom stereocenters. The predicted octanol–water partition coefficient (Wildman–Crippen LogP) is 3.28. The van der Waals surface area contributed by atoms with Gasteiger partial charge in [-0.1, -0.05) is 19.8 Å². The third kappa shape index (κ3) is 2.44. The van der Waals surface area contributed by atoms with E-state index in [1.807, 2.05) is 12.4 Å². The van der Waals surface area contributed by atoms with E-state index in [0.717, 1.165) is 12.0 Å². The van der Waals surface area contributed by atoms with Crippen LogP contribution in [-0.2, 0) is 5.41 Å². The second kappa shape index (κ2) is 5.00. The van der Waals surface area contributed by atoms with Crippen LogP contribution in [0.3, 0.4) is 0 Å². The molecule has 2 saturated carbocycles. The largest absolute Gasteiger partial charge is 0.313 e. The third-order valence-electron chi connectivity index (χ3n) is 4.65. The maximum absolute atomic E-state index is 4.16. The highest BCUT2D eigenvalue weighted by molar-refractivity contribution is 5.27. The Morgan fingerprint density at radius 1 is 1.28 bits per heavy atom. The van der Waals surface area contributed by atoms with Crippen molar-refractivity contribution in [3.05, 3.63) is 30.1 Å². The van der Waals surface area contributed by atoms with Crippen LogP contribution in [0.25, 0.3) is 0 Å². The zero-order chi connectivity index (χ0) is 12.4. The molecule has 0 spiro atoms. The fraction of sp³-hybridized carbons (Fsp3) is 0.688. The summed E-state index contributed by atoms with van der Waals surface area (Å²) in [5, 5.41) is 3.74. The molecule has 3 rings (SSSR count). The van der Waals surface area contributed by atoms with Crippen molar-refractivity contribution < 1.29 is 0 Å². The highest BCUT2D eigenvalue weighted by Crippen LogP contribution is 2.49. The second-order valence-electron chi connectivity index (χ2n) is 6.23. The molecule has 2 nitrogen and oxygen atoms in total. The smallest absolute Gasteiger partial charge is 0.0270 e. The van der Waals surface area contributed by atoms with Gasteiger partial charge in [0.25, 0.3) is 0 Å². The number of aromatic nitrogens is 1. The number of pyridine rings is 1. The summed E-state index contributed by atoms with van der Waals surface area (Å²) in [5.41, 5.74) is 1.91. The molecule has 0 radical (unpaired) electrons. The molecule has 2 aliphatic carbocycles. The van der Waals surface area contributed by atoms with E-state index in [1.165, 1.54) is 50.6 Å². The van der Waals surface area contributed by atoms with Crippen LogP contribution in [0.5, 0.6) is 0 Å². The third-order valence-corrected chi connectivity index (χ3v) is 4.65. The summed E-state index contributed by atoms with van der Waals surface area (Å²) in [7, 11) is 0. The average molecular weight is 244 g/mol. The quantitative estimate of drug-likeness (QED) is 0.830. The Kier molecular flexibility index (Phi) is 3.38. The minimum atomic E-state index is 0.408. The number of nitrogens with zero attached hydrogens (tertiary/aromatic N) is 1. The molecule has 0 atom stereocenters. The van der Waals surface area contributed by atoms with Gasteiger partial charge in [0.1, 0.15) is 0 Å². The monoisotopic (exact) mass is 244 g/mol. The van der Waals surface area contributed by atoms with E-state index < -0.39 is 0 Å². The van der Waals surface area contributed by atoms with Crippen molar-refractivity contribution in [3.8, 4) is 0 Å². The lowest BCUT2D eigenvalue weighted by atomic mass is 9.57. The normalized spacial score (nSPS) is 31.1. The highest BCUT2D eigenvalue weighted by atomic mass is 15.0. The van der Waals surface area contributed by atoms with Gasteiger partial charge in [0.15, 0.2) is 0 Å². The van der Waals surface area contributed by atoms with Crippen molar-refractivity contribution >= 4 is 0 Å². The molecular weight excluding hydrogens is 220 g/mol. The molecule has 1 aromatic rings. The minimum absolute atomic E-state index is 0.408. The molecule has 0 amide bonds. The van der Waals surface area contributed by atoms with Crippen LogP contribution in [0.1, 0.15) is 51.0 Å². The predicted molar refractivity (Wildman–Crippen MR) is 74.6 cm³/mol. The molecule has 0 aliphatic heterocycles. The molecule has 0 saturated heterocycles. The summed E-state index contributed by atoms with van der Waals surface area (Å²) in [6.07, 6.45) is 12.1. The van der Waals surface area contributed by atoms with Crippen LogP contribution < -0.4 is 5.32 Å². The van der Waals surface area contributed by atoms with E-state index in [4.69, 9.17) is 0 Å². The highest BCUT2D eigenvalue weighted by Gasteiger charge is 2.45. The zero-order valence-electron chi connectivity index (χ0n) is 11.4. The summed E-state index contributed by atoms with van der Waals surface area (Å²) in [5.74, 6) is 0.948. The number of hydrogen-bond acceptors (Lipinski definition) is 2. The first kappa shape index (κ1) is 12.2. The second-order valence-corrected chi connectivity index (χ2v) is 6.23. The Hall–Kier alpha value is -0.890. The lowest BCUT2D eigenvalue weighted by molar-refractivity contribution is 0.128. The molecule has 1 aromatic heterocycles. The maximum Gasteiger partial charge on any atom is 0.0270 e. The molecule has 98 valence electrons. The van der Waals surface area contributed by atoms with Crippen LogP contribution in [-0.4, -0.2) is 17.6 Å². The van der Waals surface area contributed by atoms with Crippen molar-refractivity contribution in [2.24, 2.45) is 5.92 Å². The van der Waals surface area contributed by atoms with Gasteiger partial charge in [-0.2, -0.15) is 0 Å². The average Bonchev–Trinajstić information content (AvgIpc) is 3.17. The van der Waals surface area contributed by atoms with Crippen LogP contribution in [0.15, 0.2) is 24.5 Å². The Balaban J connectivity index is 1.68. The molecule has 1 N–H and O–H groups in total. The van der Waals surface area contributed by atoms with Gasteiger partial charge in [0, 0.05) is 30.4 Å².